The predicted molar refractivity (Wildman–Crippen MR) is 212 cm³/mol. The fraction of sp³-hybridized carbons (Fsp3) is 0.537. The summed E-state index contributed by atoms with van der Waals surface area (Å²) in [6.45, 7) is 14.3. The molecular weight excluding hydrogens is 669 g/mol. The molecule has 3 aliphatic heterocycles. The Labute approximate surface area is 314 Å². The second kappa shape index (κ2) is 17.2. The van der Waals surface area contributed by atoms with E-state index in [0.717, 1.165) is 114 Å². The number of nitrogens with one attached hydrogen (secondary N) is 2. The molecule has 284 valence electrons. The molecule has 0 aliphatic carbocycles. The Balaban J connectivity index is 1.18. The van der Waals surface area contributed by atoms with Crippen LogP contribution in [0.5, 0.6) is 17.2 Å². The van der Waals surface area contributed by atoms with Crippen LogP contribution in [0, 0.1) is 0 Å². The van der Waals surface area contributed by atoms with Gasteiger partial charge in [0.05, 0.1) is 32.7 Å². The standard InChI is InChI=1S/C41H56N8O4/c1-6-34-40(44-30-14-22-53-23-15-30)46-38-33(27-43-41(39(38)45-34)42-26-29-8-10-32(50-3)25-36(29)51-4)28-9-11-35(37(24-28)52-5)49-16-12-31(13-17-49)48-20-18-47(7-2)19-21-48/h8-11,24-25,27,30-31H,6-7,12-23,26H2,1-5H3,(H,42,43)(H,44,46). The molecule has 0 unspecified atom stereocenters. The Morgan fingerprint density at radius 3 is 2.26 bits per heavy atom. The largest absolute Gasteiger partial charge is 0.497 e. The van der Waals surface area contributed by atoms with Crippen molar-refractivity contribution >= 4 is 28.4 Å². The summed E-state index contributed by atoms with van der Waals surface area (Å²) in [6.07, 6.45) is 6.86. The number of anilines is 3. The topological polar surface area (TPSA) is 109 Å². The molecule has 0 radical (unpaired) electrons. The molecule has 3 fully saturated rings. The highest BCUT2D eigenvalue weighted by atomic mass is 16.5. The van der Waals surface area contributed by atoms with E-state index in [-0.39, 0.29) is 6.04 Å². The lowest BCUT2D eigenvalue weighted by Gasteiger charge is -2.43. The highest BCUT2D eigenvalue weighted by Gasteiger charge is 2.29. The molecule has 4 aromatic rings. The number of likely N-dealkylation sites (N-methyl/N-ethyl adjacent to an activating group) is 1. The van der Waals surface area contributed by atoms with Crippen molar-refractivity contribution in [1.82, 2.24) is 24.8 Å². The van der Waals surface area contributed by atoms with Crippen LogP contribution in [0.15, 0.2) is 42.6 Å². The summed E-state index contributed by atoms with van der Waals surface area (Å²) in [6, 6.07) is 13.3. The Morgan fingerprint density at radius 1 is 0.792 bits per heavy atom. The number of aryl methyl sites for hydroxylation is 1. The van der Waals surface area contributed by atoms with Gasteiger partial charge in [-0.3, -0.25) is 4.90 Å². The molecule has 2 aromatic carbocycles. The zero-order chi connectivity index (χ0) is 36.7. The average molecular weight is 725 g/mol. The maximum Gasteiger partial charge on any atom is 0.154 e. The van der Waals surface area contributed by atoms with E-state index in [9.17, 15) is 0 Å². The minimum Gasteiger partial charge on any atom is -0.497 e. The second-order valence-corrected chi connectivity index (χ2v) is 14.2. The lowest BCUT2D eigenvalue weighted by molar-refractivity contribution is 0.0878. The van der Waals surface area contributed by atoms with Gasteiger partial charge in [0.25, 0.3) is 0 Å². The van der Waals surface area contributed by atoms with Crippen molar-refractivity contribution in [2.75, 3.05) is 95.9 Å². The normalized spacial score (nSPS) is 17.9. The number of nitrogens with zero attached hydrogens (tertiary/aromatic N) is 6. The monoisotopic (exact) mass is 724 g/mol. The first-order chi connectivity index (χ1) is 26.0. The molecule has 0 saturated carbocycles. The SMILES string of the molecule is CCc1nc2c(NCc3ccc(OC)cc3OC)ncc(-c3ccc(N4CCC(N5CCN(CC)CC5)CC4)c(OC)c3)c2nc1NC1CCOCC1. The second-order valence-electron chi connectivity index (χ2n) is 14.2. The summed E-state index contributed by atoms with van der Waals surface area (Å²) in [5, 5.41) is 7.27. The molecule has 0 spiro atoms. The lowest BCUT2D eigenvalue weighted by atomic mass is 10.00. The van der Waals surface area contributed by atoms with Crippen molar-refractivity contribution in [3.05, 3.63) is 53.9 Å². The minimum absolute atomic E-state index is 0.288. The smallest absolute Gasteiger partial charge is 0.154 e. The number of ether oxygens (including phenoxy) is 4. The van der Waals surface area contributed by atoms with Crippen LogP contribution >= 0.6 is 0 Å². The van der Waals surface area contributed by atoms with E-state index in [1.54, 1.807) is 21.3 Å². The van der Waals surface area contributed by atoms with Gasteiger partial charge in [0.2, 0.25) is 0 Å². The summed E-state index contributed by atoms with van der Waals surface area (Å²) in [5.41, 5.74) is 6.45. The molecule has 3 aliphatic rings. The van der Waals surface area contributed by atoms with Gasteiger partial charge in [-0.25, -0.2) is 15.0 Å². The van der Waals surface area contributed by atoms with E-state index >= 15 is 0 Å². The van der Waals surface area contributed by atoms with Gasteiger partial charge in [-0.15, -0.1) is 0 Å². The molecule has 12 nitrogen and oxygen atoms in total. The third-order valence-corrected chi connectivity index (χ3v) is 11.3. The molecule has 3 saturated heterocycles. The van der Waals surface area contributed by atoms with Gasteiger partial charge in [-0.1, -0.05) is 19.9 Å². The third kappa shape index (κ3) is 8.24. The minimum atomic E-state index is 0.288. The zero-order valence-corrected chi connectivity index (χ0v) is 32.1. The van der Waals surface area contributed by atoms with Crippen LogP contribution in [0.1, 0.15) is 50.8 Å². The molecule has 12 heteroatoms. The van der Waals surface area contributed by atoms with Gasteiger partial charge in [0.15, 0.2) is 5.82 Å². The van der Waals surface area contributed by atoms with E-state index in [1.807, 2.05) is 24.4 Å². The van der Waals surface area contributed by atoms with Crippen molar-refractivity contribution < 1.29 is 18.9 Å². The Bertz CT molecular complexity index is 1830. The van der Waals surface area contributed by atoms with Crippen LogP contribution in [0.3, 0.4) is 0 Å². The molecule has 2 aromatic heterocycles. The number of hydrogen-bond donors (Lipinski definition) is 2. The molecule has 5 heterocycles. The van der Waals surface area contributed by atoms with E-state index in [2.05, 4.69) is 57.4 Å². The van der Waals surface area contributed by atoms with Gasteiger partial charge in [0, 0.05) is 94.5 Å². The number of fused-ring (bicyclic) bond motifs is 1. The quantitative estimate of drug-likeness (QED) is 0.167. The van der Waals surface area contributed by atoms with Gasteiger partial charge in [0.1, 0.15) is 34.1 Å². The van der Waals surface area contributed by atoms with E-state index in [1.165, 1.54) is 39.0 Å². The zero-order valence-electron chi connectivity index (χ0n) is 32.1. The van der Waals surface area contributed by atoms with Crippen LogP contribution in [-0.2, 0) is 17.7 Å². The highest BCUT2D eigenvalue weighted by Crippen LogP contribution is 2.39. The first kappa shape index (κ1) is 36.9. The number of rotatable bonds is 13. The first-order valence-electron chi connectivity index (χ1n) is 19.4. The van der Waals surface area contributed by atoms with Crippen LogP contribution in [0.25, 0.3) is 22.2 Å². The number of pyridine rings is 1. The highest BCUT2D eigenvalue weighted by molar-refractivity contribution is 5.98. The lowest BCUT2D eigenvalue weighted by Crippen LogP contribution is -2.53. The summed E-state index contributed by atoms with van der Waals surface area (Å²) in [5.74, 6) is 3.84. The van der Waals surface area contributed by atoms with Gasteiger partial charge in [-0.2, -0.15) is 0 Å². The molecule has 2 N–H and O–H groups in total. The van der Waals surface area contributed by atoms with Crippen LogP contribution in [-0.4, -0.2) is 117 Å². The fourth-order valence-electron chi connectivity index (χ4n) is 8.01. The summed E-state index contributed by atoms with van der Waals surface area (Å²) >= 11 is 0. The van der Waals surface area contributed by atoms with Crippen molar-refractivity contribution in [1.29, 1.82) is 0 Å². The average Bonchev–Trinajstić information content (AvgIpc) is 3.22. The van der Waals surface area contributed by atoms with Crippen LogP contribution in [0.2, 0.25) is 0 Å². The molecule has 7 rings (SSSR count). The number of hydrogen-bond acceptors (Lipinski definition) is 12. The molecule has 0 atom stereocenters. The van der Waals surface area contributed by atoms with Crippen molar-refractivity contribution in [2.24, 2.45) is 0 Å². The number of aromatic nitrogens is 3. The third-order valence-electron chi connectivity index (χ3n) is 11.3. The summed E-state index contributed by atoms with van der Waals surface area (Å²) in [7, 11) is 5.09. The predicted octanol–water partition coefficient (Wildman–Crippen LogP) is 6.09. The molecule has 0 amide bonds. The fourth-order valence-corrected chi connectivity index (χ4v) is 8.01. The molecular formula is C41H56N8O4. The molecule has 53 heavy (non-hydrogen) atoms. The maximum absolute atomic E-state index is 6.08. The van der Waals surface area contributed by atoms with Gasteiger partial charge in [-0.05, 0) is 68.5 Å². The summed E-state index contributed by atoms with van der Waals surface area (Å²) < 4.78 is 22.8. The Morgan fingerprint density at radius 2 is 1.57 bits per heavy atom. The van der Waals surface area contributed by atoms with Gasteiger partial charge < -0.3 is 39.4 Å². The van der Waals surface area contributed by atoms with Crippen molar-refractivity contribution in [3.63, 3.8) is 0 Å². The number of methoxy groups -OCH3 is 3. The van der Waals surface area contributed by atoms with E-state index in [0.29, 0.717) is 18.4 Å². The maximum atomic E-state index is 6.08. The first-order valence-corrected chi connectivity index (χ1v) is 19.4. The van der Waals surface area contributed by atoms with Crippen molar-refractivity contribution in [2.45, 2.75) is 64.6 Å². The van der Waals surface area contributed by atoms with Crippen LogP contribution in [0.4, 0.5) is 17.3 Å². The number of piperidine rings is 1. The van der Waals surface area contributed by atoms with Crippen LogP contribution < -0.4 is 29.7 Å². The Hall–Kier alpha value is -4.39. The Kier molecular flexibility index (Phi) is 12.0. The van der Waals surface area contributed by atoms with Gasteiger partial charge >= 0.3 is 0 Å². The summed E-state index contributed by atoms with van der Waals surface area (Å²) in [4.78, 5) is 23.3. The number of piperazine rings is 1. The van der Waals surface area contributed by atoms with E-state index < -0.39 is 0 Å². The number of benzene rings is 2. The van der Waals surface area contributed by atoms with Crippen molar-refractivity contribution in [3.8, 4) is 28.4 Å². The molecule has 0 bridgehead atoms. The van der Waals surface area contributed by atoms with E-state index in [4.69, 9.17) is 33.9 Å².